The molecule has 0 aliphatic carbocycles. The highest BCUT2D eigenvalue weighted by Crippen LogP contribution is 2.04. The molecule has 0 unspecified atom stereocenters. The van der Waals surface area contributed by atoms with Crippen molar-refractivity contribution in [1.29, 1.82) is 0 Å². The Morgan fingerprint density at radius 2 is 1.94 bits per heavy atom. The zero-order valence-electron chi connectivity index (χ0n) is 11.0. The molecule has 0 atom stereocenters. The Morgan fingerprint density at radius 1 is 1.28 bits per heavy atom. The number of carbonyl (C=O) groups excluding carboxylic acids is 1. The molecule has 1 aromatic rings. The average molecular weight is 247 g/mol. The summed E-state index contributed by atoms with van der Waals surface area (Å²) in [4.78, 5) is 11.5. The van der Waals surface area contributed by atoms with Crippen molar-refractivity contribution < 1.29 is 4.79 Å². The van der Waals surface area contributed by atoms with Gasteiger partial charge in [0.2, 0.25) is 0 Å². The molecule has 98 valence electrons. The van der Waals surface area contributed by atoms with Crippen LogP contribution >= 0.6 is 0 Å². The highest BCUT2D eigenvalue weighted by Gasteiger charge is 2.00. The molecule has 0 heterocycles. The third-order valence-electron chi connectivity index (χ3n) is 2.75. The van der Waals surface area contributed by atoms with Crippen molar-refractivity contribution in [3.8, 4) is 0 Å². The molecule has 0 aliphatic heterocycles. The fourth-order valence-electron chi connectivity index (χ4n) is 1.49. The number of hydrogen-bond acceptors (Lipinski definition) is 3. The zero-order chi connectivity index (χ0) is 13.2. The molecule has 0 spiro atoms. The molecule has 1 amide bonds. The first kappa shape index (κ1) is 14.2. The summed E-state index contributed by atoms with van der Waals surface area (Å²) >= 11 is 0. The Kier molecular flexibility index (Phi) is 6.54. The first-order chi connectivity index (χ1) is 8.76. The van der Waals surface area contributed by atoms with E-state index in [1.807, 2.05) is 30.3 Å². The minimum absolute atomic E-state index is 0.138. The van der Waals surface area contributed by atoms with E-state index < -0.39 is 0 Å². The number of nitrogens with one attached hydrogen (secondary N) is 2. The fraction of sp³-hybridized carbons (Fsp3) is 0.429. The molecular formula is C14H21N3O. The molecule has 18 heavy (non-hydrogen) atoms. The normalized spacial score (nSPS) is 10.8. The van der Waals surface area contributed by atoms with Crippen LogP contribution in [0.15, 0.2) is 35.4 Å². The average Bonchev–Trinajstić information content (AvgIpc) is 2.42. The van der Waals surface area contributed by atoms with Crippen LogP contribution in [0.25, 0.3) is 0 Å². The van der Waals surface area contributed by atoms with Crippen molar-refractivity contribution in [2.75, 3.05) is 11.9 Å². The summed E-state index contributed by atoms with van der Waals surface area (Å²) in [6, 6.07) is 9.61. The lowest BCUT2D eigenvalue weighted by Gasteiger charge is -2.06. The summed E-state index contributed by atoms with van der Waals surface area (Å²) in [6.45, 7) is 4.45. The van der Waals surface area contributed by atoms with Gasteiger partial charge in [-0.15, -0.1) is 0 Å². The van der Waals surface area contributed by atoms with Gasteiger partial charge in [0.15, 0.2) is 0 Å². The van der Waals surface area contributed by atoms with E-state index in [1.54, 1.807) is 6.21 Å². The summed E-state index contributed by atoms with van der Waals surface area (Å²) in [5.74, 6) is 0.299. The van der Waals surface area contributed by atoms with Gasteiger partial charge in [0.25, 0.3) is 5.91 Å². The SMILES string of the molecule is CCC(/C=N\NC(=O)CNc1ccccc1)CC. The number of benzene rings is 1. The fourth-order valence-corrected chi connectivity index (χ4v) is 1.49. The molecular weight excluding hydrogens is 226 g/mol. The van der Waals surface area contributed by atoms with Gasteiger partial charge in [-0.1, -0.05) is 32.0 Å². The smallest absolute Gasteiger partial charge is 0.259 e. The second kappa shape index (κ2) is 8.28. The van der Waals surface area contributed by atoms with Gasteiger partial charge in [-0.25, -0.2) is 5.43 Å². The van der Waals surface area contributed by atoms with E-state index in [-0.39, 0.29) is 12.5 Å². The lowest BCUT2D eigenvalue weighted by atomic mass is 10.1. The molecule has 1 aromatic carbocycles. The monoisotopic (exact) mass is 247 g/mol. The van der Waals surface area contributed by atoms with Gasteiger partial charge in [-0.2, -0.15) is 5.10 Å². The second-order valence-corrected chi connectivity index (χ2v) is 4.11. The van der Waals surface area contributed by atoms with Crippen molar-refractivity contribution >= 4 is 17.8 Å². The number of anilines is 1. The quantitative estimate of drug-likeness (QED) is 0.575. The molecule has 0 aliphatic rings. The first-order valence-electron chi connectivity index (χ1n) is 6.37. The van der Waals surface area contributed by atoms with E-state index >= 15 is 0 Å². The summed E-state index contributed by atoms with van der Waals surface area (Å²) in [5.41, 5.74) is 3.45. The minimum Gasteiger partial charge on any atom is -0.376 e. The van der Waals surface area contributed by atoms with Crippen LogP contribution in [0.4, 0.5) is 5.69 Å². The lowest BCUT2D eigenvalue weighted by molar-refractivity contribution is -0.119. The van der Waals surface area contributed by atoms with E-state index in [0.29, 0.717) is 5.92 Å². The molecule has 0 fully saturated rings. The molecule has 4 nitrogen and oxygen atoms in total. The molecule has 1 rings (SSSR count). The minimum atomic E-state index is -0.138. The second-order valence-electron chi connectivity index (χ2n) is 4.11. The first-order valence-corrected chi connectivity index (χ1v) is 6.37. The van der Waals surface area contributed by atoms with Crippen molar-refractivity contribution in [2.45, 2.75) is 26.7 Å². The van der Waals surface area contributed by atoms with Crippen LogP contribution in [0.2, 0.25) is 0 Å². The summed E-state index contributed by atoms with van der Waals surface area (Å²) < 4.78 is 0. The maximum absolute atomic E-state index is 11.5. The number of hydrogen-bond donors (Lipinski definition) is 2. The van der Waals surface area contributed by atoms with Crippen LogP contribution in [-0.2, 0) is 4.79 Å². The van der Waals surface area contributed by atoms with E-state index in [4.69, 9.17) is 0 Å². The van der Waals surface area contributed by atoms with Gasteiger partial charge in [-0.3, -0.25) is 4.79 Å². The Morgan fingerprint density at radius 3 is 2.56 bits per heavy atom. The van der Waals surface area contributed by atoms with E-state index in [9.17, 15) is 4.79 Å². The predicted molar refractivity (Wildman–Crippen MR) is 75.6 cm³/mol. The standard InChI is InChI=1S/C14H21N3O/c1-3-12(4-2)10-16-17-14(18)11-15-13-8-6-5-7-9-13/h5-10,12,15H,3-4,11H2,1-2H3,(H,17,18)/b16-10-. The van der Waals surface area contributed by atoms with Crippen LogP contribution in [0.3, 0.4) is 0 Å². The number of carbonyl (C=O) groups is 1. The molecule has 0 radical (unpaired) electrons. The van der Waals surface area contributed by atoms with E-state index in [1.165, 1.54) is 0 Å². The number of nitrogens with zero attached hydrogens (tertiary/aromatic N) is 1. The molecule has 0 saturated heterocycles. The van der Waals surface area contributed by atoms with Crippen molar-refractivity contribution in [3.05, 3.63) is 30.3 Å². The van der Waals surface area contributed by atoms with Gasteiger partial charge in [0, 0.05) is 11.9 Å². The van der Waals surface area contributed by atoms with Crippen molar-refractivity contribution in [2.24, 2.45) is 11.0 Å². The van der Waals surface area contributed by atoms with E-state index in [0.717, 1.165) is 18.5 Å². The van der Waals surface area contributed by atoms with Gasteiger partial charge in [0.05, 0.1) is 6.54 Å². The zero-order valence-corrected chi connectivity index (χ0v) is 11.0. The van der Waals surface area contributed by atoms with E-state index in [2.05, 4.69) is 29.7 Å². The van der Waals surface area contributed by atoms with Gasteiger partial charge in [-0.05, 0) is 30.9 Å². The van der Waals surface area contributed by atoms with Crippen LogP contribution < -0.4 is 10.7 Å². The number of rotatable bonds is 7. The van der Waals surface area contributed by atoms with Gasteiger partial charge in [0.1, 0.15) is 0 Å². The Labute approximate surface area is 108 Å². The van der Waals surface area contributed by atoms with Gasteiger partial charge >= 0.3 is 0 Å². The Hall–Kier alpha value is -1.84. The maximum Gasteiger partial charge on any atom is 0.259 e. The maximum atomic E-state index is 11.5. The third-order valence-corrected chi connectivity index (χ3v) is 2.75. The number of para-hydroxylation sites is 1. The molecule has 0 aromatic heterocycles. The molecule has 0 saturated carbocycles. The molecule has 0 bridgehead atoms. The topological polar surface area (TPSA) is 53.5 Å². The number of hydrazone groups is 1. The Bertz CT molecular complexity index is 372. The van der Waals surface area contributed by atoms with Crippen molar-refractivity contribution in [3.63, 3.8) is 0 Å². The summed E-state index contributed by atoms with van der Waals surface area (Å²) in [6.07, 6.45) is 3.89. The van der Waals surface area contributed by atoms with Crippen LogP contribution in [0, 0.1) is 5.92 Å². The Balaban J connectivity index is 2.26. The highest BCUT2D eigenvalue weighted by atomic mass is 16.2. The van der Waals surface area contributed by atoms with Gasteiger partial charge < -0.3 is 5.32 Å². The molecule has 2 N–H and O–H groups in total. The summed E-state index contributed by atoms with van der Waals surface area (Å²) in [5, 5.41) is 6.99. The lowest BCUT2D eigenvalue weighted by Crippen LogP contribution is -2.26. The molecule has 4 heteroatoms. The largest absolute Gasteiger partial charge is 0.376 e. The van der Waals surface area contributed by atoms with Crippen LogP contribution in [0.5, 0.6) is 0 Å². The van der Waals surface area contributed by atoms with Crippen molar-refractivity contribution in [1.82, 2.24) is 5.43 Å². The highest BCUT2D eigenvalue weighted by molar-refractivity contribution is 5.81. The summed E-state index contributed by atoms with van der Waals surface area (Å²) in [7, 11) is 0. The predicted octanol–water partition coefficient (Wildman–Crippen LogP) is 2.64. The third kappa shape index (κ3) is 5.48. The number of amides is 1. The van der Waals surface area contributed by atoms with Crippen LogP contribution in [0.1, 0.15) is 26.7 Å². The van der Waals surface area contributed by atoms with Crippen LogP contribution in [-0.4, -0.2) is 18.7 Å².